The highest BCUT2D eigenvalue weighted by Crippen LogP contribution is 2.11. The first-order valence-corrected chi connectivity index (χ1v) is 6.51. The van der Waals surface area contributed by atoms with Crippen molar-refractivity contribution in [2.45, 2.75) is 19.9 Å². The Morgan fingerprint density at radius 2 is 1.88 bits per heavy atom. The fraction of sp³-hybridized carbons (Fsp3) is 0.800. The van der Waals surface area contributed by atoms with Gasteiger partial charge in [-0.25, -0.2) is 9.59 Å². The summed E-state index contributed by atoms with van der Waals surface area (Å²) in [7, 11) is 0. The highest BCUT2D eigenvalue weighted by molar-refractivity contribution is 7.99. The lowest BCUT2D eigenvalue weighted by Crippen LogP contribution is -2.43. The van der Waals surface area contributed by atoms with Crippen molar-refractivity contribution in [3.63, 3.8) is 0 Å². The van der Waals surface area contributed by atoms with Gasteiger partial charge in [0.15, 0.2) is 0 Å². The van der Waals surface area contributed by atoms with Crippen LogP contribution in [0.4, 0.5) is 4.79 Å². The normalized spacial score (nSPS) is 18.4. The molecule has 6 heteroatoms. The third-order valence-corrected chi connectivity index (χ3v) is 3.39. The van der Waals surface area contributed by atoms with Gasteiger partial charge >= 0.3 is 12.1 Å². The van der Waals surface area contributed by atoms with E-state index >= 15 is 0 Å². The van der Waals surface area contributed by atoms with Crippen LogP contribution in [0.1, 0.15) is 13.8 Å². The lowest BCUT2D eigenvalue weighted by Gasteiger charge is -2.25. The number of nitrogens with two attached hydrogens (primary N) is 1. The van der Waals surface area contributed by atoms with Crippen LogP contribution in [0, 0.1) is 5.92 Å². The van der Waals surface area contributed by atoms with Crippen LogP contribution in [0.15, 0.2) is 0 Å². The molecule has 2 N–H and O–H groups in total. The summed E-state index contributed by atoms with van der Waals surface area (Å²) in [5.41, 5.74) is 5.59. The molecule has 1 aliphatic heterocycles. The van der Waals surface area contributed by atoms with E-state index in [1.54, 1.807) is 16.7 Å². The summed E-state index contributed by atoms with van der Waals surface area (Å²) in [5, 5.41) is 0. The van der Waals surface area contributed by atoms with Crippen molar-refractivity contribution < 1.29 is 14.3 Å². The molecule has 0 aliphatic carbocycles. The SMILES string of the molecule is CC(C)[C@H](N)C(=O)OC(=O)N1CCSCC1. The molecule has 5 nitrogen and oxygen atoms in total. The van der Waals surface area contributed by atoms with E-state index < -0.39 is 18.1 Å². The van der Waals surface area contributed by atoms with Gasteiger partial charge in [0, 0.05) is 24.6 Å². The molecule has 1 aliphatic rings. The largest absolute Gasteiger partial charge is 0.417 e. The molecule has 1 amide bonds. The monoisotopic (exact) mass is 246 g/mol. The van der Waals surface area contributed by atoms with Crippen LogP contribution in [0.3, 0.4) is 0 Å². The second-order valence-corrected chi connectivity index (χ2v) is 5.28. The predicted molar refractivity (Wildman–Crippen MR) is 63.2 cm³/mol. The van der Waals surface area contributed by atoms with Crippen LogP contribution in [0.25, 0.3) is 0 Å². The number of nitrogens with zero attached hydrogens (tertiary/aromatic N) is 1. The molecule has 1 fully saturated rings. The van der Waals surface area contributed by atoms with E-state index in [-0.39, 0.29) is 5.92 Å². The van der Waals surface area contributed by atoms with E-state index in [0.29, 0.717) is 13.1 Å². The molecule has 0 saturated carbocycles. The number of ether oxygens (including phenoxy) is 1. The number of rotatable bonds is 2. The Balaban J connectivity index is 2.41. The van der Waals surface area contributed by atoms with Crippen LogP contribution in [0.5, 0.6) is 0 Å². The third kappa shape index (κ3) is 3.68. The van der Waals surface area contributed by atoms with Gasteiger partial charge in [0.2, 0.25) is 0 Å². The molecule has 0 aromatic heterocycles. The topological polar surface area (TPSA) is 72.6 Å². The summed E-state index contributed by atoms with van der Waals surface area (Å²) < 4.78 is 4.73. The number of thioether (sulfide) groups is 1. The van der Waals surface area contributed by atoms with Gasteiger partial charge < -0.3 is 15.4 Å². The summed E-state index contributed by atoms with van der Waals surface area (Å²) in [4.78, 5) is 24.5. The van der Waals surface area contributed by atoms with Crippen molar-refractivity contribution in [3.8, 4) is 0 Å². The molecule has 16 heavy (non-hydrogen) atoms. The molecule has 92 valence electrons. The molecule has 1 saturated heterocycles. The minimum absolute atomic E-state index is 0.0304. The molecule has 1 rings (SSSR count). The fourth-order valence-corrected chi connectivity index (χ4v) is 2.14. The van der Waals surface area contributed by atoms with Crippen molar-refractivity contribution in [2.24, 2.45) is 11.7 Å². The quantitative estimate of drug-likeness (QED) is 0.573. The Morgan fingerprint density at radius 3 is 2.38 bits per heavy atom. The number of amides is 1. The summed E-state index contributed by atoms with van der Waals surface area (Å²) in [5.74, 6) is 1.11. The highest BCUT2D eigenvalue weighted by Gasteiger charge is 2.25. The average molecular weight is 246 g/mol. The fourth-order valence-electron chi connectivity index (χ4n) is 1.24. The molecule has 0 aromatic carbocycles. The number of esters is 1. The van der Waals surface area contributed by atoms with Crippen molar-refractivity contribution in [1.82, 2.24) is 4.90 Å². The van der Waals surface area contributed by atoms with E-state index in [1.165, 1.54) is 0 Å². The Kier molecular flexibility index (Phi) is 5.08. The Morgan fingerprint density at radius 1 is 1.31 bits per heavy atom. The van der Waals surface area contributed by atoms with E-state index in [9.17, 15) is 9.59 Å². The van der Waals surface area contributed by atoms with E-state index in [4.69, 9.17) is 10.5 Å². The molecular formula is C10H18N2O3S. The smallest absolute Gasteiger partial charge is 0.375 e. The molecule has 1 atom stereocenters. The van der Waals surface area contributed by atoms with Gasteiger partial charge in [-0.3, -0.25) is 0 Å². The predicted octanol–water partition coefficient (Wildman–Crippen LogP) is 0.682. The van der Waals surface area contributed by atoms with Crippen molar-refractivity contribution in [2.75, 3.05) is 24.6 Å². The molecule has 0 spiro atoms. The number of carbonyl (C=O) groups is 2. The zero-order valence-electron chi connectivity index (χ0n) is 9.64. The Hall–Kier alpha value is -0.750. The average Bonchev–Trinajstić information content (AvgIpc) is 2.28. The maximum absolute atomic E-state index is 11.6. The number of carbonyl (C=O) groups excluding carboxylic acids is 2. The maximum atomic E-state index is 11.6. The van der Waals surface area contributed by atoms with Crippen LogP contribution in [-0.4, -0.2) is 47.6 Å². The molecule has 0 bridgehead atoms. The minimum atomic E-state index is -0.733. The van der Waals surface area contributed by atoms with Crippen molar-refractivity contribution in [1.29, 1.82) is 0 Å². The number of hydrogen-bond donors (Lipinski definition) is 1. The first-order valence-electron chi connectivity index (χ1n) is 5.36. The van der Waals surface area contributed by atoms with Crippen LogP contribution < -0.4 is 5.73 Å². The second-order valence-electron chi connectivity index (χ2n) is 4.06. The summed E-state index contributed by atoms with van der Waals surface area (Å²) >= 11 is 1.79. The van der Waals surface area contributed by atoms with E-state index in [1.807, 2.05) is 13.8 Å². The third-order valence-electron chi connectivity index (χ3n) is 2.45. The van der Waals surface area contributed by atoms with Crippen LogP contribution >= 0.6 is 11.8 Å². The van der Waals surface area contributed by atoms with Gasteiger partial charge in [-0.1, -0.05) is 13.8 Å². The Bertz CT molecular complexity index is 265. The molecule has 0 aromatic rings. The van der Waals surface area contributed by atoms with Crippen LogP contribution in [0.2, 0.25) is 0 Å². The second kappa shape index (κ2) is 6.10. The van der Waals surface area contributed by atoms with Gasteiger partial charge in [-0.15, -0.1) is 0 Å². The van der Waals surface area contributed by atoms with Crippen molar-refractivity contribution in [3.05, 3.63) is 0 Å². The summed E-state index contributed by atoms with van der Waals surface area (Å²) in [6.07, 6.45) is -0.568. The first-order chi connectivity index (χ1) is 7.52. The van der Waals surface area contributed by atoms with Gasteiger partial charge in [0.1, 0.15) is 6.04 Å². The molecular weight excluding hydrogens is 228 g/mol. The number of hydrogen-bond acceptors (Lipinski definition) is 5. The lowest BCUT2D eigenvalue weighted by atomic mass is 10.1. The minimum Gasteiger partial charge on any atom is -0.375 e. The molecule has 1 heterocycles. The van der Waals surface area contributed by atoms with Gasteiger partial charge in [-0.2, -0.15) is 11.8 Å². The lowest BCUT2D eigenvalue weighted by molar-refractivity contribution is -0.140. The van der Waals surface area contributed by atoms with E-state index in [2.05, 4.69) is 0 Å². The van der Waals surface area contributed by atoms with E-state index in [0.717, 1.165) is 11.5 Å². The van der Waals surface area contributed by atoms with Gasteiger partial charge in [0.25, 0.3) is 0 Å². The zero-order valence-corrected chi connectivity index (χ0v) is 10.5. The maximum Gasteiger partial charge on any atom is 0.417 e. The first kappa shape index (κ1) is 13.3. The molecule has 0 unspecified atom stereocenters. The summed E-state index contributed by atoms with van der Waals surface area (Å²) in [6, 6.07) is -0.733. The highest BCUT2D eigenvalue weighted by atomic mass is 32.2. The zero-order chi connectivity index (χ0) is 12.1. The Labute approximate surface area is 99.7 Å². The summed E-state index contributed by atoms with van der Waals surface area (Å²) in [6.45, 7) is 4.89. The van der Waals surface area contributed by atoms with Crippen molar-refractivity contribution >= 4 is 23.8 Å². The van der Waals surface area contributed by atoms with Gasteiger partial charge in [0.05, 0.1) is 0 Å². The molecule has 0 radical (unpaired) electrons. The standard InChI is InChI=1S/C10H18N2O3S/c1-7(2)8(11)9(13)15-10(14)12-3-5-16-6-4-12/h7-8H,3-6,11H2,1-2H3/t8-/m0/s1. The van der Waals surface area contributed by atoms with Crippen LogP contribution in [-0.2, 0) is 9.53 Å². The van der Waals surface area contributed by atoms with Gasteiger partial charge in [-0.05, 0) is 5.92 Å².